The second kappa shape index (κ2) is 7.15. The first-order chi connectivity index (χ1) is 10.4. The molecule has 0 saturated carbocycles. The summed E-state index contributed by atoms with van der Waals surface area (Å²) >= 11 is 5.75. The lowest BCUT2D eigenvalue weighted by Gasteiger charge is -2.36. The standard InChI is InChI=1S/C15H19ClF4N2/c1-2-3-12(22-8-6-21-7-9-22)13-10(15(18,19)20)4-5-11(16)14(13)17/h4-5,12,21H,2-3,6-9H2,1H3/t12-/m0/s1. The molecule has 0 spiro atoms. The van der Waals surface area contributed by atoms with Crippen LogP contribution in [0.4, 0.5) is 17.6 Å². The molecule has 1 heterocycles. The van der Waals surface area contributed by atoms with Gasteiger partial charge in [0.2, 0.25) is 0 Å². The fraction of sp³-hybridized carbons (Fsp3) is 0.600. The lowest BCUT2D eigenvalue weighted by atomic mass is 9.94. The third-order valence-electron chi connectivity index (χ3n) is 3.93. The molecule has 22 heavy (non-hydrogen) atoms. The van der Waals surface area contributed by atoms with E-state index in [2.05, 4.69) is 5.32 Å². The van der Waals surface area contributed by atoms with Crippen molar-refractivity contribution in [2.45, 2.75) is 32.0 Å². The molecule has 1 aromatic carbocycles. The van der Waals surface area contributed by atoms with Crippen molar-refractivity contribution in [3.63, 3.8) is 0 Å². The molecule has 1 aromatic rings. The van der Waals surface area contributed by atoms with Crippen LogP contribution in [0.5, 0.6) is 0 Å². The molecular formula is C15H19ClF4N2. The van der Waals surface area contributed by atoms with E-state index in [0.717, 1.165) is 12.1 Å². The Labute approximate surface area is 132 Å². The molecule has 0 amide bonds. The highest BCUT2D eigenvalue weighted by molar-refractivity contribution is 6.30. The highest BCUT2D eigenvalue weighted by Gasteiger charge is 2.39. The SMILES string of the molecule is CCC[C@@H](c1c(C(F)(F)F)ccc(Cl)c1F)N1CCNCC1. The van der Waals surface area contributed by atoms with Gasteiger partial charge in [-0.15, -0.1) is 0 Å². The van der Waals surface area contributed by atoms with E-state index < -0.39 is 23.6 Å². The number of rotatable bonds is 4. The molecule has 1 N–H and O–H groups in total. The zero-order valence-corrected chi connectivity index (χ0v) is 13.1. The van der Waals surface area contributed by atoms with Crippen LogP contribution in [-0.2, 0) is 6.18 Å². The number of nitrogens with one attached hydrogen (secondary N) is 1. The van der Waals surface area contributed by atoms with Crippen LogP contribution in [0.3, 0.4) is 0 Å². The van der Waals surface area contributed by atoms with Crippen molar-refractivity contribution in [1.29, 1.82) is 0 Å². The van der Waals surface area contributed by atoms with Crippen molar-refractivity contribution in [3.8, 4) is 0 Å². The summed E-state index contributed by atoms with van der Waals surface area (Å²) < 4.78 is 54.3. The molecule has 1 fully saturated rings. The van der Waals surface area contributed by atoms with Crippen LogP contribution in [0, 0.1) is 5.82 Å². The van der Waals surface area contributed by atoms with Crippen LogP contribution < -0.4 is 5.32 Å². The molecular weight excluding hydrogens is 320 g/mol. The van der Waals surface area contributed by atoms with Gasteiger partial charge in [0.1, 0.15) is 5.82 Å². The summed E-state index contributed by atoms with van der Waals surface area (Å²) in [5, 5.41) is 2.89. The van der Waals surface area contributed by atoms with Crippen molar-refractivity contribution < 1.29 is 17.6 Å². The largest absolute Gasteiger partial charge is 0.416 e. The fourth-order valence-corrected chi connectivity index (χ4v) is 3.08. The minimum Gasteiger partial charge on any atom is -0.314 e. The van der Waals surface area contributed by atoms with Gasteiger partial charge in [0, 0.05) is 37.8 Å². The average molecular weight is 339 g/mol. The molecule has 2 nitrogen and oxygen atoms in total. The van der Waals surface area contributed by atoms with E-state index in [4.69, 9.17) is 11.6 Å². The molecule has 1 atom stereocenters. The normalized spacial score (nSPS) is 18.5. The first-order valence-corrected chi connectivity index (χ1v) is 7.74. The summed E-state index contributed by atoms with van der Waals surface area (Å²) in [5.41, 5.74) is -1.24. The maximum atomic E-state index is 14.4. The number of benzene rings is 1. The van der Waals surface area contributed by atoms with Gasteiger partial charge in [-0.25, -0.2) is 4.39 Å². The summed E-state index contributed by atoms with van der Waals surface area (Å²) in [6, 6.07) is 1.25. The van der Waals surface area contributed by atoms with E-state index in [-0.39, 0.29) is 10.6 Å². The molecule has 0 radical (unpaired) electrons. The number of nitrogens with zero attached hydrogens (tertiary/aromatic N) is 1. The first-order valence-electron chi connectivity index (χ1n) is 7.36. The Kier molecular flexibility index (Phi) is 5.69. The summed E-state index contributed by atoms with van der Waals surface area (Å²) in [6.45, 7) is 4.43. The second-order valence-corrected chi connectivity index (χ2v) is 5.82. The van der Waals surface area contributed by atoms with E-state index in [1.165, 1.54) is 0 Å². The van der Waals surface area contributed by atoms with E-state index in [1.807, 2.05) is 11.8 Å². The molecule has 0 aromatic heterocycles. The topological polar surface area (TPSA) is 15.3 Å². The van der Waals surface area contributed by atoms with Gasteiger partial charge in [-0.2, -0.15) is 13.2 Å². The van der Waals surface area contributed by atoms with Gasteiger partial charge in [-0.05, 0) is 18.6 Å². The number of hydrogen-bond acceptors (Lipinski definition) is 2. The molecule has 7 heteroatoms. The predicted octanol–water partition coefficient (Wildman–Crippen LogP) is 4.24. The third kappa shape index (κ3) is 3.73. The lowest BCUT2D eigenvalue weighted by molar-refractivity contribution is -0.139. The van der Waals surface area contributed by atoms with E-state index in [9.17, 15) is 17.6 Å². The number of alkyl halides is 3. The van der Waals surface area contributed by atoms with E-state index in [0.29, 0.717) is 39.0 Å². The molecule has 0 aliphatic carbocycles. The van der Waals surface area contributed by atoms with Crippen molar-refractivity contribution in [1.82, 2.24) is 10.2 Å². The van der Waals surface area contributed by atoms with Crippen LogP contribution in [0.2, 0.25) is 5.02 Å². The summed E-state index contributed by atoms with van der Waals surface area (Å²) in [4.78, 5) is 1.91. The lowest BCUT2D eigenvalue weighted by Crippen LogP contribution is -2.45. The van der Waals surface area contributed by atoms with Crippen molar-refractivity contribution in [2.24, 2.45) is 0 Å². The molecule has 1 saturated heterocycles. The molecule has 1 aliphatic heterocycles. The molecule has 0 unspecified atom stereocenters. The minimum absolute atomic E-state index is 0.265. The Morgan fingerprint density at radius 3 is 2.45 bits per heavy atom. The molecule has 0 bridgehead atoms. The first kappa shape index (κ1) is 17.5. The Balaban J connectivity index is 2.51. The Bertz CT molecular complexity index is 513. The van der Waals surface area contributed by atoms with Crippen molar-refractivity contribution >= 4 is 11.6 Å². The summed E-state index contributed by atoms with van der Waals surface area (Å²) in [6.07, 6.45) is -3.47. The van der Waals surface area contributed by atoms with Crippen molar-refractivity contribution in [2.75, 3.05) is 26.2 Å². The number of piperazine rings is 1. The number of hydrogen-bond donors (Lipinski definition) is 1. The third-order valence-corrected chi connectivity index (χ3v) is 4.22. The Hall–Kier alpha value is -0.850. The van der Waals surface area contributed by atoms with Gasteiger partial charge in [0.05, 0.1) is 10.6 Å². The zero-order valence-electron chi connectivity index (χ0n) is 12.3. The second-order valence-electron chi connectivity index (χ2n) is 5.41. The van der Waals surface area contributed by atoms with Gasteiger partial charge in [0.15, 0.2) is 0 Å². The number of halogens is 5. The Morgan fingerprint density at radius 2 is 1.91 bits per heavy atom. The smallest absolute Gasteiger partial charge is 0.314 e. The average Bonchev–Trinajstić information content (AvgIpc) is 2.47. The van der Waals surface area contributed by atoms with Gasteiger partial charge < -0.3 is 5.32 Å². The highest BCUT2D eigenvalue weighted by Crippen LogP contribution is 2.41. The molecule has 1 aliphatic rings. The van der Waals surface area contributed by atoms with Crippen molar-refractivity contribution in [3.05, 3.63) is 34.1 Å². The Morgan fingerprint density at radius 1 is 1.27 bits per heavy atom. The summed E-state index contributed by atoms with van der Waals surface area (Å²) in [7, 11) is 0. The van der Waals surface area contributed by atoms with Crippen LogP contribution in [-0.4, -0.2) is 31.1 Å². The van der Waals surface area contributed by atoms with E-state index >= 15 is 0 Å². The fourth-order valence-electron chi connectivity index (χ4n) is 2.92. The highest BCUT2D eigenvalue weighted by atomic mass is 35.5. The van der Waals surface area contributed by atoms with Crippen LogP contribution >= 0.6 is 11.6 Å². The quantitative estimate of drug-likeness (QED) is 0.826. The molecule has 124 valence electrons. The maximum Gasteiger partial charge on any atom is 0.416 e. The van der Waals surface area contributed by atoms with Crippen LogP contribution in [0.1, 0.15) is 36.9 Å². The monoisotopic (exact) mass is 338 g/mol. The maximum absolute atomic E-state index is 14.4. The summed E-state index contributed by atoms with van der Waals surface area (Å²) in [5.74, 6) is -0.950. The van der Waals surface area contributed by atoms with Crippen LogP contribution in [0.15, 0.2) is 12.1 Å². The van der Waals surface area contributed by atoms with Gasteiger partial charge in [0.25, 0.3) is 0 Å². The van der Waals surface area contributed by atoms with Gasteiger partial charge in [-0.1, -0.05) is 24.9 Å². The molecule has 2 rings (SSSR count). The zero-order chi connectivity index (χ0) is 16.3. The van der Waals surface area contributed by atoms with Crippen LogP contribution in [0.25, 0.3) is 0 Å². The van der Waals surface area contributed by atoms with Gasteiger partial charge >= 0.3 is 6.18 Å². The predicted molar refractivity (Wildman–Crippen MR) is 78.5 cm³/mol. The van der Waals surface area contributed by atoms with Gasteiger partial charge in [-0.3, -0.25) is 4.90 Å². The minimum atomic E-state index is -4.60. The van der Waals surface area contributed by atoms with E-state index in [1.54, 1.807) is 0 Å².